The lowest BCUT2D eigenvalue weighted by Crippen LogP contribution is -2.33. The van der Waals surface area contributed by atoms with E-state index in [0.29, 0.717) is 100 Å². The number of aromatic nitrogens is 4. The monoisotopic (exact) mass is 1250 g/mol. The average molecular weight is 1250 g/mol. The lowest BCUT2D eigenvalue weighted by molar-refractivity contribution is -0.384. The average Bonchev–Trinajstić information content (AvgIpc) is 3.27. The fourth-order valence-electron chi connectivity index (χ4n) is 7.53. The van der Waals surface area contributed by atoms with Crippen LogP contribution in [0.5, 0.6) is 11.5 Å². The maximum absolute atomic E-state index is 11.8. The van der Waals surface area contributed by atoms with Crippen LogP contribution < -0.4 is 41.8 Å². The van der Waals surface area contributed by atoms with Gasteiger partial charge in [-0.1, -0.05) is 24.3 Å². The first kappa shape index (κ1) is 71.9. The largest absolute Gasteiger partial charge is 0.494 e. The van der Waals surface area contributed by atoms with Crippen LogP contribution in [-0.4, -0.2) is 105 Å². The summed E-state index contributed by atoms with van der Waals surface area (Å²) in [5.74, 6) is 1.10. The summed E-state index contributed by atoms with van der Waals surface area (Å²) in [6.45, 7) is 17.3. The molecule has 0 fully saturated rings. The van der Waals surface area contributed by atoms with Crippen LogP contribution >= 0.6 is 11.6 Å². The Morgan fingerprint density at radius 3 is 1.35 bits per heavy atom. The van der Waals surface area contributed by atoms with Crippen molar-refractivity contribution in [2.75, 3.05) is 61.2 Å². The number of unbranched alkanes of at least 4 members (excludes halogenated alkanes) is 2. The summed E-state index contributed by atoms with van der Waals surface area (Å²) in [5, 5.41) is 36.9. The second-order valence-electron chi connectivity index (χ2n) is 21.5. The first-order chi connectivity index (χ1) is 42.4. The van der Waals surface area contributed by atoms with Crippen molar-refractivity contribution in [3.63, 3.8) is 0 Å². The van der Waals surface area contributed by atoms with E-state index in [4.69, 9.17) is 45.8 Å². The van der Waals surface area contributed by atoms with Gasteiger partial charge in [-0.15, -0.1) is 0 Å². The van der Waals surface area contributed by atoms with Gasteiger partial charge in [-0.2, -0.15) is 9.97 Å². The molecule has 480 valence electrons. The van der Waals surface area contributed by atoms with Gasteiger partial charge in [0.05, 0.1) is 36.3 Å². The van der Waals surface area contributed by atoms with Crippen LogP contribution in [0.4, 0.5) is 61.3 Å². The number of nitrogen functional groups attached to an aromatic ring is 1. The minimum atomic E-state index is -0.591. The van der Waals surface area contributed by atoms with Gasteiger partial charge in [0.15, 0.2) is 0 Å². The van der Waals surface area contributed by atoms with E-state index >= 15 is 0 Å². The Hall–Kier alpha value is -9.59. The van der Waals surface area contributed by atoms with Crippen LogP contribution in [0.25, 0.3) is 0 Å². The van der Waals surface area contributed by atoms with E-state index in [1.165, 1.54) is 5.56 Å². The van der Waals surface area contributed by atoms with Crippen molar-refractivity contribution in [3.05, 3.63) is 146 Å². The molecular formula is C62H81ClN12O14. The molecule has 0 saturated carbocycles. The first-order valence-electron chi connectivity index (χ1n) is 29.0. The molecule has 0 unspecified atom stereocenters. The zero-order valence-electron chi connectivity index (χ0n) is 51.6. The predicted octanol–water partition coefficient (Wildman–Crippen LogP) is 13.1. The molecule has 2 amide bonds. The Morgan fingerprint density at radius 1 is 0.539 bits per heavy atom. The number of benzene rings is 4. The van der Waals surface area contributed by atoms with Gasteiger partial charge in [-0.3, -0.25) is 29.8 Å². The SMILES string of the molecule is CC(C)(C)OC(=O)NCCCc1ccc(N)cc1.CCOC(=O)CCCCOc1ccc(Nc2nc(Cl)ncc2[N+](=O)[O-])cc1.CCOC(=O)CCCCOc1ccc(Nc2nc(Nc3ccc(CCCNC(=O)OC(C)(C)C)cc3)ncc2[N+](=O)[O-])cc1. The number of nitrogens with two attached hydrogens (primary N) is 1. The van der Waals surface area contributed by atoms with Gasteiger partial charge in [-0.05, 0) is 202 Å². The Kier molecular flexibility index (Phi) is 30.6. The van der Waals surface area contributed by atoms with E-state index in [1.807, 2.05) is 90.1 Å². The van der Waals surface area contributed by atoms with Crippen LogP contribution in [0.2, 0.25) is 5.28 Å². The molecule has 4 aromatic carbocycles. The van der Waals surface area contributed by atoms with Crippen molar-refractivity contribution in [2.24, 2.45) is 0 Å². The minimum Gasteiger partial charge on any atom is -0.494 e. The Morgan fingerprint density at radius 2 is 0.933 bits per heavy atom. The molecule has 6 aromatic rings. The number of amides is 2. The van der Waals surface area contributed by atoms with Crippen molar-refractivity contribution >= 4 is 87.4 Å². The molecule has 89 heavy (non-hydrogen) atoms. The maximum Gasteiger partial charge on any atom is 0.407 e. The molecule has 0 spiro atoms. The second-order valence-corrected chi connectivity index (χ2v) is 21.8. The molecule has 2 aromatic heterocycles. The van der Waals surface area contributed by atoms with E-state index in [-0.39, 0.29) is 52.3 Å². The highest BCUT2D eigenvalue weighted by atomic mass is 35.5. The number of alkyl carbamates (subject to hydrolysis) is 2. The van der Waals surface area contributed by atoms with Gasteiger partial charge in [0.25, 0.3) is 0 Å². The Balaban J connectivity index is 0.000000318. The first-order valence-corrected chi connectivity index (χ1v) is 29.4. The Labute approximate surface area is 523 Å². The number of esters is 2. The molecule has 26 nitrogen and oxygen atoms in total. The van der Waals surface area contributed by atoms with Crippen LogP contribution in [0, 0.1) is 20.2 Å². The van der Waals surface area contributed by atoms with E-state index in [2.05, 4.69) is 46.5 Å². The van der Waals surface area contributed by atoms with Crippen LogP contribution in [0.3, 0.4) is 0 Å². The smallest absolute Gasteiger partial charge is 0.407 e. The molecule has 0 bridgehead atoms. The van der Waals surface area contributed by atoms with Crippen molar-refractivity contribution in [1.82, 2.24) is 30.6 Å². The summed E-state index contributed by atoms with van der Waals surface area (Å²) in [6, 6.07) is 29.2. The van der Waals surface area contributed by atoms with Gasteiger partial charge in [0, 0.05) is 48.7 Å². The third-order valence-corrected chi connectivity index (χ3v) is 11.8. The summed E-state index contributed by atoms with van der Waals surface area (Å²) in [4.78, 5) is 83.1. The summed E-state index contributed by atoms with van der Waals surface area (Å²) in [7, 11) is 0. The van der Waals surface area contributed by atoms with E-state index in [1.54, 1.807) is 62.4 Å². The topological polar surface area (TPSA) is 348 Å². The lowest BCUT2D eigenvalue weighted by atomic mass is 10.1. The van der Waals surface area contributed by atoms with Crippen LogP contribution in [-0.2, 0) is 41.4 Å². The summed E-state index contributed by atoms with van der Waals surface area (Å²) in [6.07, 6.45) is 8.23. The van der Waals surface area contributed by atoms with Gasteiger partial charge in [-0.25, -0.2) is 19.6 Å². The molecule has 27 heteroatoms. The zero-order chi connectivity index (χ0) is 65.2. The van der Waals surface area contributed by atoms with Gasteiger partial charge >= 0.3 is 35.5 Å². The summed E-state index contributed by atoms with van der Waals surface area (Å²) >= 11 is 5.70. The highest BCUT2D eigenvalue weighted by Crippen LogP contribution is 2.29. The molecule has 0 atom stereocenters. The third-order valence-electron chi connectivity index (χ3n) is 11.6. The molecular weight excluding hydrogens is 1170 g/mol. The number of ether oxygens (including phenoxy) is 6. The van der Waals surface area contributed by atoms with E-state index in [9.17, 15) is 39.4 Å². The van der Waals surface area contributed by atoms with E-state index in [0.717, 1.165) is 55.7 Å². The molecule has 0 aliphatic rings. The molecule has 2 heterocycles. The number of carbonyl (C=O) groups excluding carboxylic acids is 4. The number of rotatable bonds is 30. The van der Waals surface area contributed by atoms with Crippen molar-refractivity contribution in [2.45, 2.75) is 131 Å². The predicted molar refractivity (Wildman–Crippen MR) is 339 cm³/mol. The summed E-state index contributed by atoms with van der Waals surface area (Å²) < 4.78 is 31.4. The quantitative estimate of drug-likeness (QED) is 0.00464. The highest BCUT2D eigenvalue weighted by molar-refractivity contribution is 6.28. The van der Waals surface area contributed by atoms with Gasteiger partial charge in [0.2, 0.25) is 22.9 Å². The van der Waals surface area contributed by atoms with Gasteiger partial charge < -0.3 is 60.7 Å². The zero-order valence-corrected chi connectivity index (χ0v) is 52.3. The lowest BCUT2D eigenvalue weighted by Gasteiger charge is -2.19. The summed E-state index contributed by atoms with van der Waals surface area (Å²) in [5.41, 5.74) is 9.03. The van der Waals surface area contributed by atoms with Crippen molar-refractivity contribution in [3.8, 4) is 11.5 Å². The fourth-order valence-corrected chi connectivity index (χ4v) is 7.67. The normalized spacial score (nSPS) is 10.8. The van der Waals surface area contributed by atoms with E-state index < -0.39 is 27.1 Å². The number of nitro groups is 2. The van der Waals surface area contributed by atoms with Crippen LogP contribution in [0.15, 0.2) is 109 Å². The molecule has 0 saturated heterocycles. The molecule has 0 radical (unpaired) electrons. The minimum absolute atomic E-state index is 0.00707. The third kappa shape index (κ3) is 30.6. The number of halogens is 1. The number of hydrogen-bond donors (Lipinski definition) is 6. The van der Waals surface area contributed by atoms with Crippen molar-refractivity contribution < 1.29 is 57.4 Å². The molecule has 6 rings (SSSR count). The molecule has 0 aliphatic heterocycles. The molecule has 0 aliphatic carbocycles. The number of nitrogens with one attached hydrogen (secondary N) is 5. The number of hydrogen-bond acceptors (Lipinski definition) is 22. The second kappa shape index (κ2) is 37.9. The van der Waals surface area contributed by atoms with Crippen LogP contribution in [0.1, 0.15) is 118 Å². The highest BCUT2D eigenvalue weighted by Gasteiger charge is 2.20. The maximum atomic E-state index is 11.8. The Bertz CT molecular complexity index is 3170. The fraction of sp³-hybridized carbons (Fsp3) is 0.419. The number of aryl methyl sites for hydroxylation is 2. The number of carbonyl (C=O) groups is 4. The number of nitrogens with zero attached hydrogens (tertiary/aromatic N) is 6. The van der Waals surface area contributed by atoms with Gasteiger partial charge in [0.1, 0.15) is 35.1 Å². The molecule has 7 N–H and O–H groups in total. The van der Waals surface area contributed by atoms with Crippen molar-refractivity contribution in [1.29, 1.82) is 0 Å². The standard InChI is InChI=1S/C31H40N6O7.C17H19ClN4O5.C14H22N2O2/c1-5-42-27(38)10-6-7-20-43-25-17-15-23(16-18-25)34-28-26(37(40)41)21-33-29(36-28)35-24-13-11-22(12-14-24)9-8-19-32-30(39)44-31(2,3)4;1-2-26-15(23)5-3-4-10-27-13-8-6-12(7-9-13)20-16-14(22(24)25)11-19-17(18)21-16;1-14(2,3)18-13(17)16-10-4-5-11-6-8-12(15)9-7-11/h11-18,21H,5-10,19-20H2,1-4H3,(H,32,39)(H2,33,34,35,36);6-9,11H,2-5,10H2,1H3,(H,19,20,21);6-9H,4-5,10,15H2,1-3H3,(H,16,17). The number of anilines is 7.